The Kier molecular flexibility index (Phi) is 2.96. The maximum atomic E-state index is 12.6. The topological polar surface area (TPSA) is 22.0 Å². The average Bonchev–Trinajstić information content (AvgIpc) is 2.94. The molecule has 0 spiro atoms. The molecule has 0 aliphatic rings. The smallest absolute Gasteiger partial charge is 0.206 e. The molecule has 0 N–H and O–H groups in total. The van der Waals surface area contributed by atoms with Crippen molar-refractivity contribution >= 4 is 39.6 Å². The van der Waals surface area contributed by atoms with E-state index in [2.05, 4.69) is 6.07 Å². The van der Waals surface area contributed by atoms with E-state index in [1.54, 1.807) is 6.07 Å². The maximum Gasteiger partial charge on any atom is 0.206 e. The van der Waals surface area contributed by atoms with Gasteiger partial charge in [0.15, 0.2) is 0 Å². The van der Waals surface area contributed by atoms with Crippen LogP contribution < -0.4 is 0 Å². The summed E-state index contributed by atoms with van der Waals surface area (Å²) < 4.78 is 1.98. The van der Waals surface area contributed by atoms with E-state index in [0.29, 0.717) is 15.5 Å². The van der Waals surface area contributed by atoms with Crippen molar-refractivity contribution in [3.63, 3.8) is 0 Å². The molecule has 0 amide bonds. The van der Waals surface area contributed by atoms with Crippen LogP contribution in [0.25, 0.3) is 10.9 Å². The first-order chi connectivity index (χ1) is 9.08. The van der Waals surface area contributed by atoms with Crippen molar-refractivity contribution in [2.75, 3.05) is 0 Å². The summed E-state index contributed by atoms with van der Waals surface area (Å²) in [6.45, 7) is 2.05. The summed E-state index contributed by atoms with van der Waals surface area (Å²) in [6.07, 6.45) is 1.88. The van der Waals surface area contributed by atoms with Crippen LogP contribution in [0.1, 0.15) is 20.8 Å². The van der Waals surface area contributed by atoms with Gasteiger partial charge in [0.1, 0.15) is 0 Å². The Labute approximate surface area is 120 Å². The largest absolute Gasteiger partial charge is 0.350 e. The first-order valence-corrected chi connectivity index (χ1v) is 7.17. The Morgan fingerprint density at radius 3 is 2.79 bits per heavy atom. The fourth-order valence-electron chi connectivity index (χ4n) is 2.25. The number of carbonyl (C=O) groups is 1. The molecule has 19 heavy (non-hydrogen) atoms. The van der Waals surface area contributed by atoms with Crippen LogP contribution in [-0.2, 0) is 7.05 Å². The standard InChI is InChI=1S/C15H12ClNOS/c1-9-3-4-10-11(8-17(2)13(10)7-9)14(18)15-12(16)5-6-19-15/h3-8H,1-2H3. The molecule has 0 atom stereocenters. The molecule has 0 radical (unpaired) electrons. The lowest BCUT2D eigenvalue weighted by molar-refractivity contribution is 0.104. The lowest BCUT2D eigenvalue weighted by Gasteiger charge is -1.98. The molecule has 0 bridgehead atoms. The van der Waals surface area contributed by atoms with Crippen LogP contribution in [0.5, 0.6) is 0 Å². The minimum Gasteiger partial charge on any atom is -0.350 e. The van der Waals surface area contributed by atoms with Gasteiger partial charge in [-0.3, -0.25) is 4.79 Å². The van der Waals surface area contributed by atoms with E-state index in [1.807, 2.05) is 42.2 Å². The van der Waals surface area contributed by atoms with Crippen molar-refractivity contribution in [1.82, 2.24) is 4.57 Å². The number of nitrogens with zero attached hydrogens (tertiary/aromatic N) is 1. The third kappa shape index (κ3) is 1.99. The van der Waals surface area contributed by atoms with Gasteiger partial charge in [0.2, 0.25) is 5.78 Å². The predicted octanol–water partition coefficient (Wildman–Crippen LogP) is 4.43. The predicted molar refractivity (Wildman–Crippen MR) is 80.4 cm³/mol. The molecule has 2 nitrogen and oxygen atoms in total. The Morgan fingerprint density at radius 1 is 1.32 bits per heavy atom. The zero-order valence-electron chi connectivity index (χ0n) is 10.6. The van der Waals surface area contributed by atoms with Crippen LogP contribution in [0.3, 0.4) is 0 Å². The van der Waals surface area contributed by atoms with E-state index < -0.39 is 0 Å². The second kappa shape index (κ2) is 4.51. The monoisotopic (exact) mass is 289 g/mol. The highest BCUT2D eigenvalue weighted by Gasteiger charge is 2.19. The number of thiophene rings is 1. The molecule has 0 aliphatic heterocycles. The molecule has 2 aromatic heterocycles. The number of carbonyl (C=O) groups excluding carboxylic acids is 1. The molecule has 3 aromatic rings. The van der Waals surface area contributed by atoms with Crippen LogP contribution in [0.15, 0.2) is 35.8 Å². The minimum absolute atomic E-state index is 0.00514. The van der Waals surface area contributed by atoms with Crippen LogP contribution in [0.2, 0.25) is 5.02 Å². The zero-order chi connectivity index (χ0) is 13.6. The molecule has 0 unspecified atom stereocenters. The Hall–Kier alpha value is -1.58. The van der Waals surface area contributed by atoms with E-state index in [1.165, 1.54) is 16.9 Å². The van der Waals surface area contributed by atoms with Gasteiger partial charge >= 0.3 is 0 Å². The second-order valence-corrected chi connectivity index (χ2v) is 5.92. The lowest BCUT2D eigenvalue weighted by atomic mass is 10.1. The quantitative estimate of drug-likeness (QED) is 0.640. The van der Waals surface area contributed by atoms with Gasteiger partial charge in [0.05, 0.1) is 9.90 Å². The van der Waals surface area contributed by atoms with Crippen LogP contribution in [0.4, 0.5) is 0 Å². The second-order valence-electron chi connectivity index (χ2n) is 4.60. The van der Waals surface area contributed by atoms with Gasteiger partial charge in [-0.15, -0.1) is 11.3 Å². The SMILES string of the molecule is Cc1ccc2c(C(=O)c3sccc3Cl)cn(C)c2c1. The summed E-state index contributed by atoms with van der Waals surface area (Å²) in [6, 6.07) is 7.87. The van der Waals surface area contributed by atoms with Crippen molar-refractivity contribution in [3.8, 4) is 0 Å². The summed E-state index contributed by atoms with van der Waals surface area (Å²) in [7, 11) is 1.95. The molecule has 0 aliphatic carbocycles. The lowest BCUT2D eigenvalue weighted by Crippen LogP contribution is -1.98. The number of rotatable bonds is 2. The first kappa shape index (κ1) is 12.5. The van der Waals surface area contributed by atoms with Gasteiger partial charge < -0.3 is 4.57 Å². The van der Waals surface area contributed by atoms with Gasteiger partial charge in [0, 0.05) is 29.7 Å². The van der Waals surface area contributed by atoms with E-state index in [4.69, 9.17) is 11.6 Å². The molecule has 3 rings (SSSR count). The highest BCUT2D eigenvalue weighted by Crippen LogP contribution is 2.29. The van der Waals surface area contributed by atoms with Crippen LogP contribution in [0, 0.1) is 6.92 Å². The number of aryl methyl sites for hydroxylation is 2. The highest BCUT2D eigenvalue weighted by atomic mass is 35.5. The van der Waals surface area contributed by atoms with Gasteiger partial charge in [0.25, 0.3) is 0 Å². The fraction of sp³-hybridized carbons (Fsp3) is 0.133. The van der Waals surface area contributed by atoms with Crippen molar-refractivity contribution in [1.29, 1.82) is 0 Å². The average molecular weight is 290 g/mol. The molecule has 2 heterocycles. The molecule has 96 valence electrons. The van der Waals surface area contributed by atoms with Gasteiger partial charge in [-0.1, -0.05) is 23.7 Å². The maximum absolute atomic E-state index is 12.6. The molecule has 0 saturated heterocycles. The molecule has 4 heteroatoms. The Morgan fingerprint density at radius 2 is 2.11 bits per heavy atom. The summed E-state index contributed by atoms with van der Waals surface area (Å²) in [4.78, 5) is 13.2. The molecule has 0 saturated carbocycles. The molecule has 1 aromatic carbocycles. The van der Waals surface area contributed by atoms with Gasteiger partial charge in [-0.25, -0.2) is 0 Å². The van der Waals surface area contributed by atoms with Crippen LogP contribution in [-0.4, -0.2) is 10.4 Å². The number of benzene rings is 1. The number of hydrogen-bond donors (Lipinski definition) is 0. The van der Waals surface area contributed by atoms with Gasteiger partial charge in [-0.2, -0.15) is 0 Å². The van der Waals surface area contributed by atoms with Crippen LogP contribution >= 0.6 is 22.9 Å². The zero-order valence-corrected chi connectivity index (χ0v) is 12.2. The first-order valence-electron chi connectivity index (χ1n) is 5.91. The van der Waals surface area contributed by atoms with E-state index >= 15 is 0 Å². The molecular formula is C15H12ClNOS. The van der Waals surface area contributed by atoms with Crippen molar-refractivity contribution in [2.45, 2.75) is 6.92 Å². The van der Waals surface area contributed by atoms with E-state index in [9.17, 15) is 4.79 Å². The number of aromatic nitrogens is 1. The van der Waals surface area contributed by atoms with E-state index in [0.717, 1.165) is 10.9 Å². The summed E-state index contributed by atoms with van der Waals surface area (Å²) in [5.74, 6) is -0.00514. The summed E-state index contributed by atoms with van der Waals surface area (Å²) in [5.41, 5.74) is 2.96. The fourth-order valence-corrected chi connectivity index (χ4v) is 3.35. The number of ketones is 1. The third-order valence-corrected chi connectivity index (χ3v) is 4.55. The number of halogens is 1. The van der Waals surface area contributed by atoms with Gasteiger partial charge in [-0.05, 0) is 30.0 Å². The van der Waals surface area contributed by atoms with Crippen molar-refractivity contribution < 1.29 is 4.79 Å². The van der Waals surface area contributed by atoms with Crippen molar-refractivity contribution in [2.24, 2.45) is 7.05 Å². The highest BCUT2D eigenvalue weighted by molar-refractivity contribution is 7.13. The van der Waals surface area contributed by atoms with E-state index in [-0.39, 0.29) is 5.78 Å². The Balaban J connectivity index is 2.21. The number of fused-ring (bicyclic) bond motifs is 1. The Bertz CT molecular complexity index is 785. The summed E-state index contributed by atoms with van der Waals surface area (Å²) >= 11 is 7.43. The molecular weight excluding hydrogens is 278 g/mol. The number of hydrogen-bond acceptors (Lipinski definition) is 2. The molecule has 0 fully saturated rings. The van der Waals surface area contributed by atoms with Crippen molar-refractivity contribution in [3.05, 3.63) is 56.9 Å². The minimum atomic E-state index is -0.00514. The third-order valence-electron chi connectivity index (χ3n) is 3.21. The normalized spacial score (nSPS) is 11.1. The summed E-state index contributed by atoms with van der Waals surface area (Å²) in [5, 5.41) is 3.34.